The highest BCUT2D eigenvalue weighted by Gasteiger charge is 2.18. The molecule has 3 aromatic rings. The lowest BCUT2D eigenvalue weighted by Crippen LogP contribution is -2.09. The normalized spacial score (nSPS) is 11.1. The van der Waals surface area contributed by atoms with Crippen LogP contribution in [0.25, 0.3) is 0 Å². The number of hydrogen-bond donors (Lipinski definition) is 0. The number of benzene rings is 3. The minimum Gasteiger partial charge on any atom is -0.0622 e. The largest absolute Gasteiger partial charge is 0.312 e. The van der Waals surface area contributed by atoms with Crippen molar-refractivity contribution in [3.8, 4) is 0 Å². The van der Waals surface area contributed by atoms with Crippen LogP contribution in [0.5, 0.6) is 0 Å². The Morgan fingerprint density at radius 1 is 0.571 bits per heavy atom. The molecule has 0 fully saturated rings. The van der Waals surface area contributed by atoms with Gasteiger partial charge in [-0.1, -0.05) is 78.9 Å². The maximum Gasteiger partial charge on any atom is 0.312 e. The second kappa shape index (κ2) is 6.92. The van der Waals surface area contributed by atoms with E-state index in [0.29, 0.717) is 0 Å². The summed E-state index contributed by atoms with van der Waals surface area (Å²) in [6.07, 6.45) is 0. The van der Waals surface area contributed by atoms with E-state index in [1.165, 1.54) is 10.6 Å². The number of nitrogens with zero attached hydrogens (tertiary/aromatic N) is 2. The Bertz CT molecular complexity index is 658. The molecule has 0 spiro atoms. The van der Waals surface area contributed by atoms with E-state index in [1.807, 2.05) is 66.7 Å². The van der Waals surface area contributed by atoms with Crippen molar-refractivity contribution >= 4 is 24.4 Å². The first kappa shape index (κ1) is 13.7. The van der Waals surface area contributed by atoms with Crippen LogP contribution in [0.3, 0.4) is 0 Å². The van der Waals surface area contributed by atoms with Crippen LogP contribution in [0, 0.1) is 0 Å². The Labute approximate surface area is 126 Å². The average Bonchev–Trinajstić information content (AvgIpc) is 2.58. The van der Waals surface area contributed by atoms with Crippen molar-refractivity contribution < 1.29 is 0 Å². The van der Waals surface area contributed by atoms with Gasteiger partial charge >= 0.3 is 5.69 Å². The van der Waals surface area contributed by atoms with Crippen LogP contribution >= 0.6 is 8.07 Å². The van der Waals surface area contributed by atoms with Crippen molar-refractivity contribution in [1.82, 2.24) is 5.11 Å². The lowest BCUT2D eigenvalue weighted by Gasteiger charge is -2.06. The molecule has 0 atom stereocenters. The fraction of sp³-hybridized carbons (Fsp3) is 0. The van der Waals surface area contributed by atoms with Crippen molar-refractivity contribution in [2.75, 3.05) is 0 Å². The van der Waals surface area contributed by atoms with Crippen molar-refractivity contribution in [3.05, 3.63) is 91.0 Å². The van der Waals surface area contributed by atoms with E-state index < -0.39 is 8.07 Å². The zero-order chi connectivity index (χ0) is 14.3. The van der Waals surface area contributed by atoms with Gasteiger partial charge in [-0.3, -0.25) is 0 Å². The second-order valence-corrected chi connectivity index (χ2v) is 6.34. The minimum atomic E-state index is -0.816. The summed E-state index contributed by atoms with van der Waals surface area (Å²) in [5.74, 6) is 0. The lowest BCUT2D eigenvalue weighted by atomic mass is 10.3. The molecule has 3 aromatic carbocycles. The third kappa shape index (κ3) is 3.62. The van der Waals surface area contributed by atoms with E-state index in [1.54, 1.807) is 0 Å². The van der Waals surface area contributed by atoms with E-state index in [4.69, 9.17) is 0 Å². The zero-order valence-electron chi connectivity index (χ0n) is 11.5. The zero-order valence-corrected chi connectivity index (χ0v) is 12.4. The molecule has 0 N–H and O–H groups in total. The van der Waals surface area contributed by atoms with Gasteiger partial charge in [0, 0.05) is 22.7 Å². The molecule has 0 bridgehead atoms. The predicted molar refractivity (Wildman–Crippen MR) is 89.7 cm³/mol. The first-order valence-corrected chi connectivity index (χ1v) is 8.10. The van der Waals surface area contributed by atoms with E-state index in [9.17, 15) is 0 Å². The molecule has 3 heteroatoms. The molecule has 3 rings (SSSR count). The molecule has 0 saturated carbocycles. The first-order valence-electron chi connectivity index (χ1n) is 6.80. The fourth-order valence-electron chi connectivity index (χ4n) is 1.98. The topological polar surface area (TPSA) is 26.5 Å². The summed E-state index contributed by atoms with van der Waals surface area (Å²) in [6.45, 7) is 0. The third-order valence-corrected chi connectivity index (χ3v) is 4.85. The minimum absolute atomic E-state index is 0.816. The second-order valence-electron chi connectivity index (χ2n) is 4.51. The Morgan fingerprint density at radius 3 is 1.48 bits per heavy atom. The average molecular weight is 290 g/mol. The summed E-state index contributed by atoms with van der Waals surface area (Å²) < 4.78 is 0. The van der Waals surface area contributed by atoms with Gasteiger partial charge < -0.3 is 0 Å². The Morgan fingerprint density at radius 2 is 1.00 bits per heavy atom. The van der Waals surface area contributed by atoms with Crippen LogP contribution in [0.4, 0.5) is 5.69 Å². The summed E-state index contributed by atoms with van der Waals surface area (Å²) in [7, 11) is -0.816. The van der Waals surface area contributed by atoms with Gasteiger partial charge in [0.05, 0.1) is 4.88 Å². The highest BCUT2D eigenvalue weighted by molar-refractivity contribution is 7.71. The molecule has 0 aromatic heterocycles. The van der Waals surface area contributed by atoms with Crippen LogP contribution in [-0.4, -0.2) is 0 Å². The van der Waals surface area contributed by atoms with Gasteiger partial charge in [0.25, 0.3) is 0 Å². The standard InChI is InChI=1S/C18H15N2P/c1-4-10-16(11-5-1)19-20-21(17-12-6-2-7-13-17)18-14-8-3-9-15-18/h1-15H/q+1. The van der Waals surface area contributed by atoms with Crippen molar-refractivity contribution in [2.24, 2.45) is 4.88 Å². The Kier molecular flexibility index (Phi) is 4.50. The van der Waals surface area contributed by atoms with Gasteiger partial charge in [-0.2, -0.15) is 0 Å². The van der Waals surface area contributed by atoms with Crippen LogP contribution < -0.4 is 15.7 Å². The monoisotopic (exact) mass is 290 g/mol. The van der Waals surface area contributed by atoms with Crippen molar-refractivity contribution in [3.63, 3.8) is 0 Å². The van der Waals surface area contributed by atoms with Gasteiger partial charge in [0.1, 0.15) is 0 Å². The van der Waals surface area contributed by atoms with Gasteiger partial charge in [0.2, 0.25) is 5.11 Å². The van der Waals surface area contributed by atoms with E-state index >= 15 is 0 Å². The van der Waals surface area contributed by atoms with Crippen LogP contribution in [0.1, 0.15) is 0 Å². The number of rotatable bonds is 4. The van der Waals surface area contributed by atoms with Gasteiger partial charge in [0.15, 0.2) is 8.07 Å². The maximum atomic E-state index is 4.62. The van der Waals surface area contributed by atoms with Crippen molar-refractivity contribution in [2.45, 2.75) is 0 Å². The maximum absolute atomic E-state index is 4.62. The smallest absolute Gasteiger partial charge is 0.0622 e. The SMILES string of the molecule is c1ccc([N+]=NP(c2ccccc2)c2ccccc2)cc1. The summed E-state index contributed by atoms with van der Waals surface area (Å²) in [6, 6.07) is 30.6. The van der Waals surface area contributed by atoms with Crippen LogP contribution in [0.2, 0.25) is 0 Å². The van der Waals surface area contributed by atoms with E-state index in [0.717, 1.165) is 5.69 Å². The molecule has 21 heavy (non-hydrogen) atoms. The molecule has 2 nitrogen and oxygen atoms in total. The van der Waals surface area contributed by atoms with Crippen molar-refractivity contribution in [1.29, 1.82) is 0 Å². The third-order valence-electron chi connectivity index (χ3n) is 3.01. The molecule has 0 unspecified atom stereocenters. The number of hydrogen-bond acceptors (Lipinski definition) is 2. The molecule has 0 aliphatic rings. The van der Waals surface area contributed by atoms with Gasteiger partial charge in [-0.05, 0) is 0 Å². The van der Waals surface area contributed by atoms with E-state index in [-0.39, 0.29) is 0 Å². The summed E-state index contributed by atoms with van der Waals surface area (Å²) >= 11 is 0. The highest BCUT2D eigenvalue weighted by Crippen LogP contribution is 2.34. The molecule has 0 aliphatic carbocycles. The first-order chi connectivity index (χ1) is 10.4. The summed E-state index contributed by atoms with van der Waals surface area (Å²) in [5.41, 5.74) is 0.886. The predicted octanol–water partition coefficient (Wildman–Crippen LogP) is 4.15. The summed E-state index contributed by atoms with van der Waals surface area (Å²) in [4.78, 5) is 4.62. The lowest BCUT2D eigenvalue weighted by molar-refractivity contribution is 1.18. The quantitative estimate of drug-likeness (QED) is 0.509. The molecule has 1 radical (unpaired) electrons. The summed E-state index contributed by atoms with van der Waals surface area (Å²) in [5, 5.41) is 6.83. The molecule has 0 aliphatic heterocycles. The van der Waals surface area contributed by atoms with Crippen LogP contribution in [0.15, 0.2) is 95.9 Å². The molecule has 0 saturated heterocycles. The molecular weight excluding hydrogens is 275 g/mol. The Balaban J connectivity index is 1.96. The van der Waals surface area contributed by atoms with Crippen LogP contribution in [-0.2, 0) is 0 Å². The molecular formula is C18H15N2P+. The molecule has 0 amide bonds. The van der Waals surface area contributed by atoms with Gasteiger partial charge in [-0.25, -0.2) is 0 Å². The highest BCUT2D eigenvalue weighted by atomic mass is 31.1. The van der Waals surface area contributed by atoms with E-state index in [2.05, 4.69) is 34.3 Å². The fourth-order valence-corrected chi connectivity index (χ4v) is 3.59. The Hall–Kier alpha value is -2.31. The molecule has 0 heterocycles. The van der Waals surface area contributed by atoms with Gasteiger partial charge in [-0.15, -0.1) is 0 Å². The molecule has 101 valence electrons.